The van der Waals surface area contributed by atoms with Gasteiger partial charge in [0.2, 0.25) is 0 Å². The van der Waals surface area contributed by atoms with E-state index in [2.05, 4.69) is 9.62 Å². The second-order valence-electron chi connectivity index (χ2n) is 11.8. The first-order valence-corrected chi connectivity index (χ1v) is 16.9. The standard InChI is InChI=1S/C34H44N4O7S.H2/c1-8-15-43-25-18-26(44-16-10-9-14-36(4)5)20-27(19-25)45-32-22-31-30(37(6)34(40)38(31)7)21-29(32)35-46(41,42)28-13-11-12-24(17-28)33(39)23(2)3;/h11-13,17-23,35H,8-10,14-16H2,1-7H3;1H. The number of anilines is 1. The number of hydrogen-bond acceptors (Lipinski definition) is 8. The number of rotatable bonds is 16. The second kappa shape index (κ2) is 14.9. The maximum atomic E-state index is 13.7. The van der Waals surface area contributed by atoms with Gasteiger partial charge < -0.3 is 19.1 Å². The molecule has 0 spiro atoms. The Morgan fingerprint density at radius 2 is 1.54 bits per heavy atom. The van der Waals surface area contributed by atoms with Gasteiger partial charge in [0.05, 0.1) is 34.8 Å². The molecule has 0 fully saturated rings. The van der Waals surface area contributed by atoms with Gasteiger partial charge in [-0.25, -0.2) is 13.2 Å². The third-order valence-electron chi connectivity index (χ3n) is 7.39. The summed E-state index contributed by atoms with van der Waals surface area (Å²) in [5.41, 5.74) is 1.18. The Balaban J connectivity index is 0.00000600. The van der Waals surface area contributed by atoms with Crippen LogP contribution in [0.15, 0.2) is 64.3 Å². The normalized spacial score (nSPS) is 11.8. The smallest absolute Gasteiger partial charge is 0.328 e. The van der Waals surface area contributed by atoms with Crippen molar-refractivity contribution in [3.63, 3.8) is 0 Å². The summed E-state index contributed by atoms with van der Waals surface area (Å²) in [6.07, 6.45) is 2.65. The van der Waals surface area contributed by atoms with Gasteiger partial charge in [0, 0.05) is 51.3 Å². The molecule has 46 heavy (non-hydrogen) atoms. The van der Waals surface area contributed by atoms with Crippen molar-refractivity contribution >= 4 is 32.5 Å². The predicted octanol–water partition coefficient (Wildman–Crippen LogP) is 6.06. The van der Waals surface area contributed by atoms with Crippen molar-refractivity contribution in [1.82, 2.24) is 14.0 Å². The third-order valence-corrected chi connectivity index (χ3v) is 8.76. The van der Waals surface area contributed by atoms with E-state index in [0.717, 1.165) is 25.8 Å². The first-order chi connectivity index (χ1) is 21.8. The second-order valence-corrected chi connectivity index (χ2v) is 13.5. The Hall–Kier alpha value is -4.29. The van der Waals surface area contributed by atoms with Crippen molar-refractivity contribution < 1.29 is 28.8 Å². The molecule has 0 aliphatic rings. The lowest BCUT2D eigenvalue weighted by molar-refractivity contribution is 0.0939. The molecule has 3 aromatic carbocycles. The van der Waals surface area contributed by atoms with Gasteiger partial charge in [-0.3, -0.25) is 18.7 Å². The van der Waals surface area contributed by atoms with E-state index in [1.54, 1.807) is 64.3 Å². The van der Waals surface area contributed by atoms with E-state index in [9.17, 15) is 18.0 Å². The Kier molecular flexibility index (Phi) is 11.2. The molecule has 0 atom stereocenters. The number of hydrogen-bond donors (Lipinski definition) is 1. The Bertz CT molecular complexity index is 1870. The summed E-state index contributed by atoms with van der Waals surface area (Å²) < 4.78 is 51.2. The molecule has 250 valence electrons. The number of sulfonamides is 1. The Morgan fingerprint density at radius 3 is 2.17 bits per heavy atom. The number of nitrogens with one attached hydrogen (secondary N) is 1. The fourth-order valence-corrected chi connectivity index (χ4v) is 5.99. The van der Waals surface area contributed by atoms with Crippen LogP contribution in [-0.4, -0.2) is 62.1 Å². The van der Waals surface area contributed by atoms with Crippen molar-refractivity contribution in [2.24, 2.45) is 20.0 Å². The number of nitrogens with zero attached hydrogens (tertiary/aromatic N) is 3. The van der Waals surface area contributed by atoms with E-state index < -0.39 is 10.0 Å². The lowest BCUT2D eigenvalue weighted by atomic mass is 10.0. The maximum absolute atomic E-state index is 13.7. The SMILES string of the molecule is CCCOc1cc(OCCCCN(C)C)cc(Oc2cc3c(cc2NS(=O)(=O)c2cccc(C(=O)C(C)C)c2)n(C)c(=O)n3C)c1.[HH]. The minimum atomic E-state index is -4.18. The molecule has 4 rings (SSSR count). The van der Waals surface area contributed by atoms with Crippen molar-refractivity contribution in [2.45, 2.75) is 44.9 Å². The summed E-state index contributed by atoms with van der Waals surface area (Å²) in [5.74, 6) is 1.16. The first-order valence-electron chi connectivity index (χ1n) is 15.4. The fraction of sp³-hybridized carbons (Fsp3) is 0.412. The molecular weight excluding hydrogens is 608 g/mol. The summed E-state index contributed by atoms with van der Waals surface area (Å²) >= 11 is 0. The lowest BCUT2D eigenvalue weighted by Crippen LogP contribution is -2.19. The van der Waals surface area contributed by atoms with Crippen LogP contribution in [0.3, 0.4) is 0 Å². The average Bonchev–Trinajstić information content (AvgIpc) is 3.22. The molecule has 0 saturated heterocycles. The van der Waals surface area contributed by atoms with E-state index in [1.165, 1.54) is 27.3 Å². The van der Waals surface area contributed by atoms with Crippen LogP contribution in [0.2, 0.25) is 0 Å². The van der Waals surface area contributed by atoms with E-state index in [1.807, 2.05) is 21.0 Å². The van der Waals surface area contributed by atoms with E-state index >= 15 is 0 Å². The lowest BCUT2D eigenvalue weighted by Gasteiger charge is -2.17. The van der Waals surface area contributed by atoms with Gasteiger partial charge in [-0.15, -0.1) is 0 Å². The van der Waals surface area contributed by atoms with Crippen LogP contribution in [-0.2, 0) is 24.1 Å². The highest BCUT2D eigenvalue weighted by atomic mass is 32.2. The molecule has 0 aliphatic heterocycles. The van der Waals surface area contributed by atoms with Crippen LogP contribution in [0.1, 0.15) is 51.8 Å². The number of imidazole rings is 1. The Morgan fingerprint density at radius 1 is 0.913 bits per heavy atom. The number of aromatic nitrogens is 2. The molecule has 12 heteroatoms. The molecule has 0 aliphatic carbocycles. The van der Waals surface area contributed by atoms with Crippen LogP contribution < -0.4 is 24.6 Å². The van der Waals surface area contributed by atoms with Gasteiger partial charge in [0.1, 0.15) is 17.2 Å². The van der Waals surface area contributed by atoms with Crippen LogP contribution >= 0.6 is 0 Å². The molecule has 1 N–H and O–H groups in total. The van der Waals surface area contributed by atoms with Gasteiger partial charge >= 0.3 is 5.69 Å². The summed E-state index contributed by atoms with van der Waals surface area (Å²) in [5, 5.41) is 0. The molecular formula is C34H46N4O7S. The molecule has 0 radical (unpaired) electrons. The van der Waals surface area contributed by atoms with Crippen molar-refractivity contribution in [3.8, 4) is 23.0 Å². The third kappa shape index (κ3) is 8.29. The van der Waals surface area contributed by atoms with Gasteiger partial charge in [-0.2, -0.15) is 0 Å². The molecule has 11 nitrogen and oxygen atoms in total. The minimum Gasteiger partial charge on any atom is -0.493 e. The van der Waals surface area contributed by atoms with E-state index in [-0.39, 0.29) is 35.1 Å². The maximum Gasteiger partial charge on any atom is 0.328 e. The monoisotopic (exact) mass is 654 g/mol. The fourth-order valence-electron chi connectivity index (χ4n) is 4.88. The van der Waals surface area contributed by atoms with E-state index in [4.69, 9.17) is 14.2 Å². The number of benzene rings is 3. The molecule has 0 unspecified atom stereocenters. The summed E-state index contributed by atoms with van der Waals surface area (Å²) in [7, 11) is 3.13. The largest absolute Gasteiger partial charge is 0.493 e. The highest BCUT2D eigenvalue weighted by Crippen LogP contribution is 2.38. The zero-order valence-electron chi connectivity index (χ0n) is 27.6. The highest BCUT2D eigenvalue weighted by molar-refractivity contribution is 7.92. The van der Waals surface area contributed by atoms with Gasteiger partial charge in [0.25, 0.3) is 10.0 Å². The van der Waals surface area contributed by atoms with Crippen LogP contribution in [0.5, 0.6) is 23.0 Å². The van der Waals surface area contributed by atoms with Crippen LogP contribution in [0, 0.1) is 5.92 Å². The number of ether oxygens (including phenoxy) is 3. The van der Waals surface area contributed by atoms with Crippen molar-refractivity contribution in [1.29, 1.82) is 0 Å². The van der Waals surface area contributed by atoms with Gasteiger partial charge in [-0.05, 0) is 58.1 Å². The van der Waals surface area contributed by atoms with Gasteiger partial charge in [-0.1, -0.05) is 32.9 Å². The van der Waals surface area contributed by atoms with Crippen LogP contribution in [0.4, 0.5) is 5.69 Å². The quantitative estimate of drug-likeness (QED) is 0.114. The zero-order chi connectivity index (χ0) is 33.6. The molecule has 1 heterocycles. The minimum absolute atomic E-state index is 0. The number of ketones is 1. The van der Waals surface area contributed by atoms with Crippen molar-refractivity contribution in [2.75, 3.05) is 38.6 Å². The zero-order valence-corrected chi connectivity index (χ0v) is 28.4. The first kappa shape index (κ1) is 34.6. The summed E-state index contributed by atoms with van der Waals surface area (Å²) in [4.78, 5) is 27.4. The number of aryl methyl sites for hydroxylation is 2. The molecule has 0 saturated carbocycles. The highest BCUT2D eigenvalue weighted by Gasteiger charge is 2.22. The molecule has 1 aromatic heterocycles. The molecule has 4 aromatic rings. The van der Waals surface area contributed by atoms with Crippen molar-refractivity contribution in [3.05, 3.63) is 70.6 Å². The topological polar surface area (TPSA) is 121 Å². The average molecular weight is 655 g/mol. The Labute approximate surface area is 272 Å². The number of carbonyl (C=O) groups is 1. The number of carbonyl (C=O) groups excluding carboxylic acids is 1. The predicted molar refractivity (Wildman–Crippen MR) is 182 cm³/mol. The molecule has 0 amide bonds. The summed E-state index contributed by atoms with van der Waals surface area (Å²) in [6.45, 7) is 7.48. The van der Waals surface area contributed by atoms with Gasteiger partial charge in [0.15, 0.2) is 11.5 Å². The number of unbranched alkanes of at least 4 members (excludes halogenated alkanes) is 1. The number of fused-ring (bicyclic) bond motifs is 1. The number of Topliss-reactive ketones (excluding diaryl/α,β-unsaturated/α-hetero) is 1. The van der Waals surface area contributed by atoms with Crippen LogP contribution in [0.25, 0.3) is 11.0 Å². The molecule has 0 bridgehead atoms. The van der Waals surface area contributed by atoms with E-state index in [0.29, 0.717) is 47.1 Å². The summed E-state index contributed by atoms with van der Waals surface area (Å²) in [6, 6.07) is 14.3.